The summed E-state index contributed by atoms with van der Waals surface area (Å²) in [6.07, 6.45) is 16.1. The molecular weight excluding hydrogens is 432 g/mol. The van der Waals surface area contributed by atoms with Gasteiger partial charge in [0.25, 0.3) is 0 Å². The van der Waals surface area contributed by atoms with E-state index in [1.54, 1.807) is 6.08 Å². The van der Waals surface area contributed by atoms with Gasteiger partial charge in [-0.1, -0.05) is 40.7 Å². The van der Waals surface area contributed by atoms with Crippen molar-refractivity contribution in [2.75, 3.05) is 0 Å². The molecule has 0 heterocycles. The van der Waals surface area contributed by atoms with E-state index < -0.39 is 0 Å². The smallest absolute Gasteiger partial charge is 0.220 e. The summed E-state index contributed by atoms with van der Waals surface area (Å²) in [5.74, 6) is 2.04. The molecule has 192 valence electrons. The Hall–Kier alpha value is -1.64. The third-order valence-corrected chi connectivity index (χ3v) is 11.9. The van der Waals surface area contributed by atoms with Crippen LogP contribution in [0.1, 0.15) is 112 Å². The number of aliphatic hydroxyl groups is 1. The first kappa shape index (κ1) is 25.0. The van der Waals surface area contributed by atoms with Crippen molar-refractivity contribution < 1.29 is 14.7 Å². The SMILES string of the molecule is CCCC(=O)C[C@]1(C)CC[C@]2(C)CC[C@@]3(C)C(CC[C@@]4(C)C5=CC(=O)C(O)=C(C)C5=CCC34)[C@@H]2C1. The molecule has 0 aromatic carbocycles. The summed E-state index contributed by atoms with van der Waals surface area (Å²) in [6.45, 7) is 13.9. The van der Waals surface area contributed by atoms with E-state index in [-0.39, 0.29) is 27.8 Å². The second-order valence-electron chi connectivity index (χ2n) is 14.1. The lowest BCUT2D eigenvalue weighted by atomic mass is 9.37. The van der Waals surface area contributed by atoms with Crippen LogP contribution in [0, 0.1) is 39.4 Å². The standard InChI is InChI=1S/C32H46O3/c1-7-8-21(33)18-29(3)13-14-30(4)15-16-32(6)23(25(30)19-29)11-12-31(5)24-17-26(34)28(35)20(2)22(24)9-10-27(31)32/h9,17,23,25,27,35H,7-8,10-16,18-19H2,1-6H3/t23?,25-,27?,29-,30+,31-,32-/m0/s1. The van der Waals surface area contributed by atoms with E-state index in [1.165, 1.54) is 44.1 Å². The van der Waals surface area contributed by atoms with Crippen LogP contribution in [0.4, 0.5) is 0 Å². The van der Waals surface area contributed by atoms with Gasteiger partial charge in [0.15, 0.2) is 5.76 Å². The molecule has 1 N–H and O–H groups in total. The van der Waals surface area contributed by atoms with Gasteiger partial charge in [-0.15, -0.1) is 0 Å². The number of aliphatic hydroxyl groups excluding tert-OH is 1. The molecule has 0 aromatic heterocycles. The van der Waals surface area contributed by atoms with E-state index in [4.69, 9.17) is 0 Å². The van der Waals surface area contributed by atoms with Crippen LogP contribution >= 0.6 is 0 Å². The van der Waals surface area contributed by atoms with Gasteiger partial charge in [-0.25, -0.2) is 0 Å². The van der Waals surface area contributed by atoms with Crippen LogP contribution < -0.4 is 0 Å². The number of allylic oxidation sites excluding steroid dienone is 5. The molecule has 0 amide bonds. The van der Waals surface area contributed by atoms with Gasteiger partial charge in [-0.3, -0.25) is 9.59 Å². The average Bonchev–Trinajstić information content (AvgIpc) is 2.79. The van der Waals surface area contributed by atoms with Gasteiger partial charge < -0.3 is 5.11 Å². The zero-order chi connectivity index (χ0) is 25.4. The number of ketones is 2. The van der Waals surface area contributed by atoms with Gasteiger partial charge in [-0.2, -0.15) is 0 Å². The predicted octanol–water partition coefficient (Wildman–Crippen LogP) is 8.06. The molecular formula is C32H46O3. The molecule has 35 heavy (non-hydrogen) atoms. The Morgan fingerprint density at radius 3 is 2.49 bits per heavy atom. The zero-order valence-electron chi connectivity index (χ0n) is 22.9. The predicted molar refractivity (Wildman–Crippen MR) is 141 cm³/mol. The van der Waals surface area contributed by atoms with Crippen molar-refractivity contribution in [2.24, 2.45) is 39.4 Å². The number of carbonyl (C=O) groups is 2. The Kier molecular flexibility index (Phi) is 5.85. The summed E-state index contributed by atoms with van der Waals surface area (Å²) in [6, 6.07) is 0. The first-order valence-corrected chi connectivity index (χ1v) is 14.3. The summed E-state index contributed by atoms with van der Waals surface area (Å²) in [7, 11) is 0. The summed E-state index contributed by atoms with van der Waals surface area (Å²) >= 11 is 0. The molecule has 5 aliphatic rings. The van der Waals surface area contributed by atoms with Crippen LogP contribution in [-0.2, 0) is 9.59 Å². The molecule has 3 fully saturated rings. The molecule has 2 unspecified atom stereocenters. The molecule has 5 rings (SSSR count). The van der Waals surface area contributed by atoms with E-state index >= 15 is 0 Å². The molecule has 0 bridgehead atoms. The molecule has 3 heteroatoms. The Balaban J connectivity index is 1.48. The van der Waals surface area contributed by atoms with Crippen molar-refractivity contribution in [3.8, 4) is 0 Å². The topological polar surface area (TPSA) is 54.4 Å². The van der Waals surface area contributed by atoms with Crippen molar-refractivity contribution >= 4 is 11.6 Å². The summed E-state index contributed by atoms with van der Waals surface area (Å²) in [5, 5.41) is 10.3. The lowest BCUT2D eigenvalue weighted by Crippen LogP contribution is -2.59. The minimum Gasteiger partial charge on any atom is -0.504 e. The molecule has 0 spiro atoms. The summed E-state index contributed by atoms with van der Waals surface area (Å²) in [4.78, 5) is 25.3. The highest BCUT2D eigenvalue weighted by atomic mass is 16.3. The highest BCUT2D eigenvalue weighted by Gasteiger charge is 2.63. The van der Waals surface area contributed by atoms with E-state index in [1.807, 2.05) is 6.92 Å². The highest BCUT2D eigenvalue weighted by molar-refractivity contribution is 6.06. The quantitative estimate of drug-likeness (QED) is 0.444. The average molecular weight is 479 g/mol. The molecule has 0 radical (unpaired) electrons. The number of fused-ring (bicyclic) bond motifs is 7. The second kappa shape index (κ2) is 8.18. The van der Waals surface area contributed by atoms with Gasteiger partial charge in [0.1, 0.15) is 5.78 Å². The van der Waals surface area contributed by atoms with Gasteiger partial charge in [0.05, 0.1) is 0 Å². The third-order valence-electron chi connectivity index (χ3n) is 11.9. The lowest BCUT2D eigenvalue weighted by molar-refractivity contribution is -0.162. The normalized spacial score (nSPS) is 45.0. The third kappa shape index (κ3) is 3.65. The maximum absolute atomic E-state index is 12.7. The molecule has 5 aliphatic carbocycles. The number of Topliss-reactive ketones (excluding diaryl/α,β-unsaturated/α-hetero) is 1. The lowest BCUT2D eigenvalue weighted by Gasteiger charge is -2.67. The van der Waals surface area contributed by atoms with Crippen molar-refractivity contribution in [1.29, 1.82) is 0 Å². The van der Waals surface area contributed by atoms with Crippen LogP contribution in [0.5, 0.6) is 0 Å². The Labute approximate surface area is 212 Å². The number of hydrogen-bond donors (Lipinski definition) is 1. The minimum absolute atomic E-state index is 0.0181. The first-order chi connectivity index (χ1) is 16.4. The largest absolute Gasteiger partial charge is 0.504 e. The van der Waals surface area contributed by atoms with Crippen molar-refractivity contribution in [3.63, 3.8) is 0 Å². The van der Waals surface area contributed by atoms with Crippen LogP contribution in [0.2, 0.25) is 0 Å². The second-order valence-corrected chi connectivity index (χ2v) is 14.1. The zero-order valence-corrected chi connectivity index (χ0v) is 22.9. The summed E-state index contributed by atoms with van der Waals surface area (Å²) in [5.41, 5.74) is 3.82. The van der Waals surface area contributed by atoms with Gasteiger partial charge in [0.2, 0.25) is 5.78 Å². The van der Waals surface area contributed by atoms with E-state index in [0.29, 0.717) is 29.0 Å². The van der Waals surface area contributed by atoms with Crippen LogP contribution in [0.3, 0.4) is 0 Å². The van der Waals surface area contributed by atoms with Crippen molar-refractivity contribution in [3.05, 3.63) is 34.6 Å². The van der Waals surface area contributed by atoms with Crippen molar-refractivity contribution in [2.45, 2.75) is 112 Å². The molecule has 0 aliphatic heterocycles. The van der Waals surface area contributed by atoms with Gasteiger partial charge in [0, 0.05) is 18.4 Å². The Morgan fingerprint density at radius 2 is 1.77 bits per heavy atom. The summed E-state index contributed by atoms with van der Waals surface area (Å²) < 4.78 is 0. The first-order valence-electron chi connectivity index (χ1n) is 14.3. The fourth-order valence-electron chi connectivity index (χ4n) is 9.73. The highest BCUT2D eigenvalue weighted by Crippen LogP contribution is 2.71. The maximum Gasteiger partial charge on any atom is 0.220 e. The Bertz CT molecular complexity index is 1050. The van der Waals surface area contributed by atoms with Crippen LogP contribution in [-0.4, -0.2) is 16.7 Å². The molecule has 3 saturated carbocycles. The Morgan fingerprint density at radius 1 is 1.06 bits per heavy atom. The number of carbonyl (C=O) groups excluding carboxylic acids is 2. The van der Waals surface area contributed by atoms with Crippen LogP contribution in [0.15, 0.2) is 34.6 Å². The fourth-order valence-corrected chi connectivity index (χ4v) is 9.73. The molecule has 7 atom stereocenters. The molecule has 0 aromatic rings. The van der Waals surface area contributed by atoms with E-state index in [2.05, 4.69) is 40.7 Å². The van der Waals surface area contributed by atoms with Crippen molar-refractivity contribution in [1.82, 2.24) is 0 Å². The monoisotopic (exact) mass is 478 g/mol. The molecule has 0 saturated heterocycles. The van der Waals surface area contributed by atoms with Gasteiger partial charge >= 0.3 is 0 Å². The fraction of sp³-hybridized carbons (Fsp3) is 0.750. The molecule has 3 nitrogen and oxygen atoms in total. The maximum atomic E-state index is 12.7. The number of hydrogen-bond acceptors (Lipinski definition) is 3. The van der Waals surface area contributed by atoms with Crippen LogP contribution in [0.25, 0.3) is 0 Å². The van der Waals surface area contributed by atoms with E-state index in [0.717, 1.165) is 43.3 Å². The van der Waals surface area contributed by atoms with Gasteiger partial charge in [-0.05, 0) is 121 Å². The van der Waals surface area contributed by atoms with E-state index in [9.17, 15) is 14.7 Å². The minimum atomic E-state index is -0.222. The number of rotatable bonds is 4.